The van der Waals surface area contributed by atoms with Crippen molar-refractivity contribution in [2.45, 2.75) is 19.8 Å². The van der Waals surface area contributed by atoms with Gasteiger partial charge in [0.25, 0.3) is 0 Å². The second-order valence-electron chi connectivity index (χ2n) is 7.63. The number of carbonyl (C=O) groups is 3. The molecule has 0 spiro atoms. The van der Waals surface area contributed by atoms with E-state index < -0.39 is 17.9 Å². The van der Waals surface area contributed by atoms with Gasteiger partial charge in [-0.2, -0.15) is 5.26 Å². The first-order valence-electron chi connectivity index (χ1n) is 11.0. The second-order valence-corrected chi connectivity index (χ2v) is 7.63. The van der Waals surface area contributed by atoms with Gasteiger partial charge in [-0.25, -0.2) is 9.59 Å². The maximum atomic E-state index is 13.2. The van der Waals surface area contributed by atoms with Gasteiger partial charge in [-0.05, 0) is 24.6 Å². The molecule has 1 aliphatic rings. The molecule has 2 aromatic rings. The molecule has 0 bridgehead atoms. The predicted octanol–water partition coefficient (Wildman–Crippen LogP) is 2.94. The van der Waals surface area contributed by atoms with Gasteiger partial charge < -0.3 is 25.3 Å². The molecule has 3 N–H and O–H groups in total. The quantitative estimate of drug-likeness (QED) is 0.560. The summed E-state index contributed by atoms with van der Waals surface area (Å²) in [4.78, 5) is 39.6. The van der Waals surface area contributed by atoms with Crippen LogP contribution in [0.15, 0.2) is 71.2 Å². The highest BCUT2D eigenvalue weighted by Gasteiger charge is 2.43. The van der Waals surface area contributed by atoms with Crippen LogP contribution in [0.5, 0.6) is 5.75 Å². The fourth-order valence-electron chi connectivity index (χ4n) is 4.01. The molecule has 2 aromatic carbocycles. The van der Waals surface area contributed by atoms with Crippen LogP contribution in [-0.2, 0) is 23.9 Å². The van der Waals surface area contributed by atoms with Crippen LogP contribution in [0.1, 0.15) is 25.3 Å². The minimum absolute atomic E-state index is 0.00448. The largest absolute Gasteiger partial charge is 0.494 e. The number of amides is 1. The van der Waals surface area contributed by atoms with Crippen LogP contribution in [0.4, 0.5) is 11.4 Å². The summed E-state index contributed by atoms with van der Waals surface area (Å²) >= 11 is 0. The van der Waals surface area contributed by atoms with E-state index in [1.165, 1.54) is 25.0 Å². The number of esters is 2. The Balaban J connectivity index is 2.45. The standard InChI is InChI=1S/C26H26N4O6/c1-5-36-17-11-12-19(29-15(2)31)20(13-17)30-23(26(33)35-4)22(25(32)34-3)21(18(14-27)24(30)28)16-9-7-6-8-10-16/h6-13,21H,5,28H2,1-4H3,(H,29,31). The van der Waals surface area contributed by atoms with Crippen molar-refractivity contribution in [3.63, 3.8) is 0 Å². The monoisotopic (exact) mass is 490 g/mol. The molecule has 1 unspecified atom stereocenters. The van der Waals surface area contributed by atoms with Gasteiger partial charge in [-0.15, -0.1) is 0 Å². The Labute approximate surface area is 208 Å². The molecule has 1 atom stereocenters. The summed E-state index contributed by atoms with van der Waals surface area (Å²) in [5, 5.41) is 12.8. The summed E-state index contributed by atoms with van der Waals surface area (Å²) in [6.45, 7) is 3.46. The van der Waals surface area contributed by atoms with Crippen LogP contribution < -0.4 is 20.7 Å². The summed E-state index contributed by atoms with van der Waals surface area (Å²) < 4.78 is 15.7. The summed E-state index contributed by atoms with van der Waals surface area (Å²) in [5.41, 5.74) is 7.14. The lowest BCUT2D eigenvalue weighted by molar-refractivity contribution is -0.139. The Bertz CT molecular complexity index is 1290. The second kappa shape index (κ2) is 11.1. The molecule has 1 heterocycles. The third kappa shape index (κ3) is 4.86. The van der Waals surface area contributed by atoms with Crippen molar-refractivity contribution in [1.29, 1.82) is 5.26 Å². The van der Waals surface area contributed by atoms with Crippen molar-refractivity contribution >= 4 is 29.2 Å². The lowest BCUT2D eigenvalue weighted by Gasteiger charge is -2.36. The number of hydrogen-bond acceptors (Lipinski definition) is 9. The number of nitrogens with zero attached hydrogens (tertiary/aromatic N) is 2. The molecular formula is C26H26N4O6. The molecule has 1 amide bonds. The predicted molar refractivity (Wildman–Crippen MR) is 131 cm³/mol. The minimum Gasteiger partial charge on any atom is -0.494 e. The van der Waals surface area contributed by atoms with Crippen LogP contribution in [0.2, 0.25) is 0 Å². The maximum Gasteiger partial charge on any atom is 0.355 e. The average molecular weight is 491 g/mol. The molecule has 3 rings (SSSR count). The third-order valence-electron chi connectivity index (χ3n) is 5.44. The number of rotatable bonds is 7. The molecule has 0 aliphatic carbocycles. The van der Waals surface area contributed by atoms with Crippen molar-refractivity contribution in [2.24, 2.45) is 5.73 Å². The minimum atomic E-state index is -1.01. The maximum absolute atomic E-state index is 13.2. The van der Waals surface area contributed by atoms with E-state index in [4.69, 9.17) is 19.9 Å². The number of anilines is 2. The molecule has 186 valence electrons. The molecule has 0 radical (unpaired) electrons. The average Bonchev–Trinajstić information content (AvgIpc) is 2.88. The first-order chi connectivity index (χ1) is 17.3. The normalized spacial score (nSPS) is 15.2. The molecule has 0 aromatic heterocycles. The van der Waals surface area contributed by atoms with E-state index in [1.54, 1.807) is 49.4 Å². The van der Waals surface area contributed by atoms with Crippen LogP contribution in [0.25, 0.3) is 0 Å². The van der Waals surface area contributed by atoms with E-state index in [1.807, 2.05) is 0 Å². The molecule has 1 aliphatic heterocycles. The van der Waals surface area contributed by atoms with Crippen LogP contribution in [-0.4, -0.2) is 38.7 Å². The van der Waals surface area contributed by atoms with Crippen molar-refractivity contribution < 1.29 is 28.6 Å². The molecule has 36 heavy (non-hydrogen) atoms. The Morgan fingerprint density at radius 3 is 2.31 bits per heavy atom. The van der Waals surface area contributed by atoms with Gasteiger partial charge in [0, 0.05) is 13.0 Å². The molecule has 0 saturated carbocycles. The van der Waals surface area contributed by atoms with E-state index in [9.17, 15) is 19.6 Å². The lowest BCUT2D eigenvalue weighted by atomic mass is 9.81. The van der Waals surface area contributed by atoms with E-state index in [0.29, 0.717) is 17.9 Å². The highest BCUT2D eigenvalue weighted by molar-refractivity contribution is 6.07. The molecule has 10 nitrogen and oxygen atoms in total. The number of nitrogens with one attached hydrogen (secondary N) is 1. The zero-order valence-electron chi connectivity index (χ0n) is 20.3. The van der Waals surface area contributed by atoms with Gasteiger partial charge in [-0.3, -0.25) is 9.69 Å². The van der Waals surface area contributed by atoms with Crippen LogP contribution in [0, 0.1) is 11.3 Å². The van der Waals surface area contributed by atoms with Gasteiger partial charge in [0.2, 0.25) is 5.91 Å². The molecule has 0 saturated heterocycles. The SMILES string of the molecule is CCOc1ccc(NC(C)=O)c(N2C(N)=C(C#N)C(c3ccccc3)C(C(=O)OC)=C2C(=O)OC)c1. The Kier molecular flexibility index (Phi) is 7.96. The van der Waals surface area contributed by atoms with Gasteiger partial charge in [0.05, 0.1) is 55.3 Å². The Morgan fingerprint density at radius 1 is 1.08 bits per heavy atom. The molecule has 10 heteroatoms. The smallest absolute Gasteiger partial charge is 0.355 e. The Morgan fingerprint density at radius 2 is 1.75 bits per heavy atom. The zero-order chi connectivity index (χ0) is 26.4. The van der Waals surface area contributed by atoms with E-state index in [2.05, 4.69) is 11.4 Å². The number of nitriles is 1. The van der Waals surface area contributed by atoms with Crippen molar-refractivity contribution in [2.75, 3.05) is 31.0 Å². The number of carbonyl (C=O) groups excluding carboxylic acids is 3. The number of methoxy groups -OCH3 is 2. The van der Waals surface area contributed by atoms with Crippen LogP contribution in [0.3, 0.4) is 0 Å². The summed E-state index contributed by atoms with van der Waals surface area (Å²) in [6, 6.07) is 15.5. The fraction of sp³-hybridized carbons (Fsp3) is 0.231. The number of allylic oxidation sites excluding steroid dienone is 1. The van der Waals surface area contributed by atoms with E-state index in [-0.39, 0.29) is 39.9 Å². The lowest BCUT2D eigenvalue weighted by Crippen LogP contribution is -2.41. The van der Waals surface area contributed by atoms with Crippen molar-refractivity contribution in [3.8, 4) is 11.8 Å². The Hall–Kier alpha value is -4.78. The number of benzene rings is 2. The highest BCUT2D eigenvalue weighted by atomic mass is 16.5. The zero-order valence-corrected chi connectivity index (χ0v) is 20.3. The third-order valence-corrected chi connectivity index (χ3v) is 5.44. The number of ether oxygens (including phenoxy) is 3. The van der Waals surface area contributed by atoms with Gasteiger partial charge in [0.1, 0.15) is 17.3 Å². The molecular weight excluding hydrogens is 464 g/mol. The number of nitrogens with two attached hydrogens (primary N) is 1. The van der Waals surface area contributed by atoms with Crippen molar-refractivity contribution in [1.82, 2.24) is 0 Å². The van der Waals surface area contributed by atoms with Crippen molar-refractivity contribution in [3.05, 3.63) is 76.8 Å². The summed E-state index contributed by atoms with van der Waals surface area (Å²) in [5.74, 6) is -2.86. The van der Waals surface area contributed by atoms with E-state index >= 15 is 0 Å². The fourth-order valence-corrected chi connectivity index (χ4v) is 4.01. The van der Waals surface area contributed by atoms with Gasteiger partial charge >= 0.3 is 11.9 Å². The topological polar surface area (TPSA) is 144 Å². The van der Waals surface area contributed by atoms with E-state index in [0.717, 1.165) is 7.11 Å². The van der Waals surface area contributed by atoms with Crippen LogP contribution >= 0.6 is 0 Å². The first-order valence-corrected chi connectivity index (χ1v) is 11.0. The highest BCUT2D eigenvalue weighted by Crippen LogP contribution is 2.45. The number of hydrogen-bond donors (Lipinski definition) is 2. The van der Waals surface area contributed by atoms with Gasteiger partial charge in [0.15, 0.2) is 0 Å². The summed E-state index contributed by atoms with van der Waals surface area (Å²) in [6.07, 6.45) is 0. The summed E-state index contributed by atoms with van der Waals surface area (Å²) in [7, 11) is 2.33. The molecule has 0 fully saturated rings. The first kappa shape index (κ1) is 25.8. The van der Waals surface area contributed by atoms with Gasteiger partial charge in [-0.1, -0.05) is 30.3 Å².